The Morgan fingerprint density at radius 3 is 1.19 bits per heavy atom. The molecule has 1 saturated heterocycles. The van der Waals surface area contributed by atoms with Crippen LogP contribution in [0.1, 0.15) is 0 Å². The first-order chi connectivity index (χ1) is 15.1. The number of hydrogen-bond acceptors (Lipinski definition) is 5. The summed E-state index contributed by atoms with van der Waals surface area (Å²) in [6, 6.07) is 22.7. The third kappa shape index (κ3) is 4.21. The number of benzene rings is 3. The molecule has 2 amide bonds. The minimum absolute atomic E-state index is 0.0971. The Bertz CT molecular complexity index is 961. The zero-order valence-corrected chi connectivity index (χ0v) is 17.8. The van der Waals surface area contributed by atoms with Gasteiger partial charge in [-0.2, -0.15) is 0 Å². The molecule has 1 aliphatic rings. The molecule has 3 aromatic rings. The molecule has 1 heterocycles. The Morgan fingerprint density at radius 1 is 0.548 bits per heavy atom. The summed E-state index contributed by atoms with van der Waals surface area (Å²) < 4.78 is 15.8. The summed E-state index contributed by atoms with van der Waals surface area (Å²) in [5, 5.41) is 0. The highest BCUT2D eigenvalue weighted by molar-refractivity contribution is 6.05. The van der Waals surface area contributed by atoms with Crippen molar-refractivity contribution >= 4 is 23.1 Å². The second kappa shape index (κ2) is 8.87. The Morgan fingerprint density at radius 2 is 0.871 bits per heavy atom. The smallest absolute Gasteiger partial charge is 0.331 e. The summed E-state index contributed by atoms with van der Waals surface area (Å²) in [6.07, 6.45) is 0. The summed E-state index contributed by atoms with van der Waals surface area (Å²) in [5.74, 6) is 2.27. The lowest BCUT2D eigenvalue weighted by Crippen LogP contribution is -2.59. The van der Waals surface area contributed by atoms with E-state index in [1.54, 1.807) is 31.1 Å². The Labute approximate surface area is 182 Å². The maximum atomic E-state index is 13.5. The number of anilines is 3. The van der Waals surface area contributed by atoms with Crippen molar-refractivity contribution in [3.8, 4) is 17.2 Å². The molecule has 0 aromatic heterocycles. The van der Waals surface area contributed by atoms with Crippen LogP contribution >= 0.6 is 0 Å². The normalized spacial score (nSPS) is 13.9. The summed E-state index contributed by atoms with van der Waals surface area (Å²) in [4.78, 5) is 19.1. The van der Waals surface area contributed by atoms with Crippen molar-refractivity contribution in [2.75, 3.05) is 49.4 Å². The van der Waals surface area contributed by atoms with E-state index >= 15 is 0 Å². The molecule has 0 saturated carbocycles. The van der Waals surface area contributed by atoms with E-state index in [0.29, 0.717) is 13.3 Å². The zero-order valence-electron chi connectivity index (χ0n) is 17.8. The number of carbonyl (C=O) groups excluding carboxylic acids is 1. The van der Waals surface area contributed by atoms with Crippen LogP contribution in [0.15, 0.2) is 72.8 Å². The van der Waals surface area contributed by atoms with E-state index in [0.717, 1.165) is 34.3 Å². The molecule has 31 heavy (non-hydrogen) atoms. The Kier molecular flexibility index (Phi) is 5.84. The van der Waals surface area contributed by atoms with Gasteiger partial charge in [0.25, 0.3) is 0 Å². The highest BCUT2D eigenvalue weighted by Gasteiger charge is 2.32. The molecule has 0 unspecified atom stereocenters. The number of nitrogens with zero attached hydrogens (tertiary/aromatic N) is 3. The maximum Gasteiger partial charge on any atom is 0.331 e. The highest BCUT2D eigenvalue weighted by atomic mass is 16.5. The fourth-order valence-electron chi connectivity index (χ4n) is 3.52. The molecule has 0 N–H and O–H groups in total. The molecule has 1 aliphatic heterocycles. The van der Waals surface area contributed by atoms with Gasteiger partial charge >= 0.3 is 6.03 Å². The molecule has 1 fully saturated rings. The molecule has 0 spiro atoms. The van der Waals surface area contributed by atoms with Gasteiger partial charge in [0.1, 0.15) is 30.6 Å². The van der Waals surface area contributed by atoms with E-state index in [1.807, 2.05) is 72.8 Å². The molecule has 3 aromatic carbocycles. The van der Waals surface area contributed by atoms with E-state index in [-0.39, 0.29) is 6.03 Å². The van der Waals surface area contributed by atoms with Gasteiger partial charge in [-0.25, -0.2) is 4.79 Å². The second-order valence-electron chi connectivity index (χ2n) is 7.06. The van der Waals surface area contributed by atoms with Crippen LogP contribution in [-0.4, -0.2) is 40.7 Å². The van der Waals surface area contributed by atoms with Gasteiger partial charge in [-0.05, 0) is 72.8 Å². The first-order valence-electron chi connectivity index (χ1n) is 9.89. The molecular formula is C24H25N3O4. The maximum absolute atomic E-state index is 13.5. The number of urea groups is 1. The van der Waals surface area contributed by atoms with Crippen molar-refractivity contribution in [1.29, 1.82) is 0 Å². The predicted octanol–water partition coefficient (Wildman–Crippen LogP) is 4.58. The lowest BCUT2D eigenvalue weighted by molar-refractivity contribution is 0.248. The van der Waals surface area contributed by atoms with E-state index < -0.39 is 0 Å². The Hall–Kier alpha value is -3.87. The van der Waals surface area contributed by atoms with Gasteiger partial charge in [-0.3, -0.25) is 9.80 Å². The van der Waals surface area contributed by atoms with E-state index in [4.69, 9.17) is 14.2 Å². The predicted molar refractivity (Wildman–Crippen MR) is 122 cm³/mol. The lowest BCUT2D eigenvalue weighted by atomic mass is 10.2. The first kappa shape index (κ1) is 20.4. The van der Waals surface area contributed by atoms with Crippen LogP contribution in [0.3, 0.4) is 0 Å². The summed E-state index contributed by atoms with van der Waals surface area (Å²) in [7, 11) is 4.89. The number of rotatable bonds is 6. The molecular weight excluding hydrogens is 394 g/mol. The molecule has 0 aliphatic carbocycles. The minimum Gasteiger partial charge on any atom is -0.497 e. The van der Waals surface area contributed by atoms with Crippen LogP contribution in [0.5, 0.6) is 17.2 Å². The van der Waals surface area contributed by atoms with Crippen molar-refractivity contribution in [3.63, 3.8) is 0 Å². The number of ether oxygens (including phenoxy) is 3. The van der Waals surface area contributed by atoms with E-state index in [2.05, 4.69) is 4.90 Å². The van der Waals surface area contributed by atoms with Gasteiger partial charge < -0.3 is 19.1 Å². The minimum atomic E-state index is -0.0971. The van der Waals surface area contributed by atoms with Gasteiger partial charge in [0.2, 0.25) is 0 Å². The number of methoxy groups -OCH3 is 3. The van der Waals surface area contributed by atoms with Crippen molar-refractivity contribution in [2.45, 2.75) is 0 Å². The zero-order chi connectivity index (χ0) is 21.8. The van der Waals surface area contributed by atoms with Crippen LogP contribution in [0.2, 0.25) is 0 Å². The quantitative estimate of drug-likeness (QED) is 0.585. The summed E-state index contributed by atoms with van der Waals surface area (Å²) in [6.45, 7) is 0.842. The van der Waals surface area contributed by atoms with Gasteiger partial charge in [0.15, 0.2) is 0 Å². The van der Waals surface area contributed by atoms with Gasteiger partial charge in [0, 0.05) is 17.1 Å². The fourth-order valence-corrected chi connectivity index (χ4v) is 3.52. The average Bonchev–Trinajstić information content (AvgIpc) is 2.84. The topological polar surface area (TPSA) is 54.5 Å². The molecule has 7 heteroatoms. The molecule has 7 nitrogen and oxygen atoms in total. The number of hydrogen-bond donors (Lipinski definition) is 0. The SMILES string of the molecule is COc1ccc(N2CN(c3ccc(OC)cc3)C(=O)N(c3ccc(OC)cc3)C2)cc1. The third-order valence-electron chi connectivity index (χ3n) is 5.29. The molecule has 0 atom stereocenters. The van der Waals surface area contributed by atoms with E-state index in [1.165, 1.54) is 0 Å². The first-order valence-corrected chi connectivity index (χ1v) is 9.89. The molecule has 0 bridgehead atoms. The van der Waals surface area contributed by atoms with Crippen LogP contribution < -0.4 is 28.9 Å². The number of carbonyl (C=O) groups is 1. The van der Waals surface area contributed by atoms with Crippen LogP contribution in [0.4, 0.5) is 21.9 Å². The van der Waals surface area contributed by atoms with Crippen molar-refractivity contribution in [3.05, 3.63) is 72.8 Å². The van der Waals surface area contributed by atoms with Crippen LogP contribution in [0, 0.1) is 0 Å². The van der Waals surface area contributed by atoms with Gasteiger partial charge in [-0.1, -0.05) is 0 Å². The highest BCUT2D eigenvalue weighted by Crippen LogP contribution is 2.30. The fraction of sp³-hybridized carbons (Fsp3) is 0.208. The van der Waals surface area contributed by atoms with Crippen molar-refractivity contribution in [1.82, 2.24) is 0 Å². The largest absolute Gasteiger partial charge is 0.497 e. The Balaban J connectivity index is 1.69. The second-order valence-corrected chi connectivity index (χ2v) is 7.06. The summed E-state index contributed by atoms with van der Waals surface area (Å²) in [5.41, 5.74) is 2.58. The monoisotopic (exact) mass is 419 g/mol. The lowest BCUT2D eigenvalue weighted by Gasteiger charge is -2.43. The molecule has 160 valence electrons. The summed E-state index contributed by atoms with van der Waals surface area (Å²) >= 11 is 0. The van der Waals surface area contributed by atoms with Crippen LogP contribution in [-0.2, 0) is 0 Å². The van der Waals surface area contributed by atoms with Crippen molar-refractivity contribution < 1.29 is 19.0 Å². The third-order valence-corrected chi connectivity index (χ3v) is 5.29. The molecule has 0 radical (unpaired) electrons. The standard InChI is InChI=1S/C24H25N3O4/c1-29-21-10-4-18(5-11-21)25-16-26(19-6-12-22(30-2)13-7-19)24(28)27(17-25)20-8-14-23(31-3)15-9-20/h4-15H,16-17H2,1-3H3. The van der Waals surface area contributed by atoms with Crippen LogP contribution in [0.25, 0.3) is 0 Å². The van der Waals surface area contributed by atoms with Crippen molar-refractivity contribution in [2.24, 2.45) is 0 Å². The molecule has 4 rings (SSSR count). The van der Waals surface area contributed by atoms with Gasteiger partial charge in [-0.15, -0.1) is 0 Å². The average molecular weight is 419 g/mol. The van der Waals surface area contributed by atoms with Gasteiger partial charge in [0.05, 0.1) is 21.3 Å². The van der Waals surface area contributed by atoms with E-state index in [9.17, 15) is 4.79 Å². The number of amides is 2.